The van der Waals surface area contributed by atoms with Crippen LogP contribution in [0, 0.1) is 13.8 Å². The Kier molecular flexibility index (Phi) is 4.40. The van der Waals surface area contributed by atoms with Crippen LogP contribution < -0.4 is 5.32 Å². The summed E-state index contributed by atoms with van der Waals surface area (Å²) in [6.07, 6.45) is 5.21. The molecule has 26 heavy (non-hydrogen) atoms. The first-order chi connectivity index (χ1) is 12.6. The molecule has 1 fully saturated rings. The summed E-state index contributed by atoms with van der Waals surface area (Å²) in [5.41, 5.74) is 2.26. The molecule has 0 aromatic carbocycles. The van der Waals surface area contributed by atoms with Gasteiger partial charge in [-0.2, -0.15) is 4.98 Å². The van der Waals surface area contributed by atoms with Crippen molar-refractivity contribution in [2.75, 3.05) is 6.54 Å². The third-order valence-corrected chi connectivity index (χ3v) is 4.81. The minimum Gasteiger partial charge on any atom is -0.352 e. The summed E-state index contributed by atoms with van der Waals surface area (Å²) in [7, 11) is 0. The Balaban J connectivity index is 1.41. The van der Waals surface area contributed by atoms with Gasteiger partial charge < -0.3 is 14.4 Å². The van der Waals surface area contributed by atoms with Gasteiger partial charge in [0.25, 0.3) is 11.6 Å². The van der Waals surface area contributed by atoms with Gasteiger partial charge in [-0.25, -0.2) is 4.98 Å². The van der Waals surface area contributed by atoms with E-state index in [1.54, 1.807) is 13.0 Å². The molecule has 0 radical (unpaired) electrons. The molecular weight excluding hydrogens is 334 g/mol. The Morgan fingerprint density at radius 3 is 2.81 bits per heavy atom. The zero-order chi connectivity index (χ0) is 18.1. The molecule has 8 nitrogen and oxygen atoms in total. The lowest BCUT2D eigenvalue weighted by molar-refractivity contribution is 0.0955. The number of carbonyl (C=O) groups is 1. The van der Waals surface area contributed by atoms with Crippen molar-refractivity contribution in [1.29, 1.82) is 0 Å². The van der Waals surface area contributed by atoms with Crippen LogP contribution in [-0.4, -0.2) is 32.7 Å². The maximum Gasteiger partial charge on any atom is 0.258 e. The van der Waals surface area contributed by atoms with Crippen molar-refractivity contribution in [3.63, 3.8) is 0 Å². The summed E-state index contributed by atoms with van der Waals surface area (Å²) in [5, 5.41) is 11.5. The number of nitrogens with zero attached hydrogens (tertiary/aromatic N) is 4. The quantitative estimate of drug-likeness (QED) is 0.750. The van der Waals surface area contributed by atoms with Crippen LogP contribution in [0.25, 0.3) is 11.1 Å². The standard InChI is InChI=1S/C18H21N5O3/c1-10-9-13(15-11(2)22-26-18(15)20-10)16(24)19-8-7-14-21-17(25-23-14)12-5-3-4-6-12/h9,12H,3-8H2,1-2H3,(H,19,24). The Morgan fingerprint density at radius 1 is 1.19 bits per heavy atom. The second-order valence-corrected chi connectivity index (χ2v) is 6.80. The van der Waals surface area contributed by atoms with Gasteiger partial charge in [0, 0.05) is 24.6 Å². The molecule has 1 saturated carbocycles. The molecule has 4 rings (SSSR count). The zero-order valence-electron chi connectivity index (χ0n) is 14.9. The van der Waals surface area contributed by atoms with Gasteiger partial charge in [-0.05, 0) is 32.8 Å². The topological polar surface area (TPSA) is 107 Å². The van der Waals surface area contributed by atoms with E-state index in [-0.39, 0.29) is 5.91 Å². The largest absolute Gasteiger partial charge is 0.352 e. The van der Waals surface area contributed by atoms with Crippen molar-refractivity contribution >= 4 is 17.0 Å². The van der Waals surface area contributed by atoms with Gasteiger partial charge in [-0.1, -0.05) is 23.2 Å². The normalized spacial score (nSPS) is 15.0. The van der Waals surface area contributed by atoms with Crippen LogP contribution in [0.15, 0.2) is 15.1 Å². The predicted octanol–water partition coefficient (Wildman–Crippen LogP) is 2.85. The van der Waals surface area contributed by atoms with Crippen molar-refractivity contribution in [2.45, 2.75) is 51.9 Å². The molecule has 0 saturated heterocycles. The van der Waals surface area contributed by atoms with Crippen LogP contribution in [-0.2, 0) is 6.42 Å². The van der Waals surface area contributed by atoms with Crippen LogP contribution in [0.3, 0.4) is 0 Å². The number of carbonyl (C=O) groups excluding carboxylic acids is 1. The second-order valence-electron chi connectivity index (χ2n) is 6.80. The SMILES string of the molecule is Cc1cc(C(=O)NCCc2noc(C3CCCC3)n2)c2c(C)noc2n1. The Labute approximate surface area is 150 Å². The van der Waals surface area contributed by atoms with Gasteiger partial charge in [0.1, 0.15) is 0 Å². The van der Waals surface area contributed by atoms with Crippen molar-refractivity contribution in [3.8, 4) is 0 Å². The molecule has 3 aromatic rings. The molecular formula is C18H21N5O3. The third-order valence-electron chi connectivity index (χ3n) is 4.81. The highest BCUT2D eigenvalue weighted by Crippen LogP contribution is 2.32. The zero-order valence-corrected chi connectivity index (χ0v) is 14.9. The number of aryl methyl sites for hydroxylation is 2. The fourth-order valence-corrected chi connectivity index (χ4v) is 3.49. The fraction of sp³-hybridized carbons (Fsp3) is 0.500. The molecule has 3 heterocycles. The number of nitrogens with one attached hydrogen (secondary N) is 1. The van der Waals surface area contributed by atoms with Gasteiger partial charge in [0.05, 0.1) is 16.6 Å². The number of rotatable bonds is 5. The number of hydrogen-bond acceptors (Lipinski definition) is 7. The molecule has 1 aliphatic carbocycles. The molecule has 8 heteroatoms. The van der Waals surface area contributed by atoms with Crippen LogP contribution in [0.4, 0.5) is 0 Å². The lowest BCUT2D eigenvalue weighted by Gasteiger charge is -2.05. The molecule has 1 amide bonds. The summed E-state index contributed by atoms with van der Waals surface area (Å²) in [5.74, 6) is 1.57. The lowest BCUT2D eigenvalue weighted by atomic mass is 10.1. The molecule has 0 bridgehead atoms. The first kappa shape index (κ1) is 16.7. The van der Waals surface area contributed by atoms with Crippen molar-refractivity contribution < 1.29 is 13.8 Å². The average Bonchev–Trinajstić information content (AvgIpc) is 3.35. The monoisotopic (exact) mass is 355 g/mol. The third kappa shape index (κ3) is 3.18. The van der Waals surface area contributed by atoms with Gasteiger partial charge in [0.2, 0.25) is 5.89 Å². The van der Waals surface area contributed by atoms with Gasteiger partial charge >= 0.3 is 0 Å². The number of hydrogen-bond donors (Lipinski definition) is 1. The molecule has 136 valence electrons. The smallest absolute Gasteiger partial charge is 0.258 e. The van der Waals surface area contributed by atoms with E-state index >= 15 is 0 Å². The van der Waals surface area contributed by atoms with E-state index in [9.17, 15) is 4.79 Å². The number of fused-ring (bicyclic) bond motifs is 1. The highest BCUT2D eigenvalue weighted by atomic mass is 16.5. The first-order valence-electron chi connectivity index (χ1n) is 8.96. The minimum atomic E-state index is -0.189. The maximum atomic E-state index is 12.6. The molecule has 0 aliphatic heterocycles. The first-order valence-corrected chi connectivity index (χ1v) is 8.96. The van der Waals surface area contributed by atoms with E-state index < -0.39 is 0 Å². The molecule has 0 atom stereocenters. The highest BCUT2D eigenvalue weighted by molar-refractivity contribution is 6.06. The molecule has 0 unspecified atom stereocenters. The van der Waals surface area contributed by atoms with Gasteiger partial charge in [-0.15, -0.1) is 0 Å². The van der Waals surface area contributed by atoms with Crippen molar-refractivity contribution in [3.05, 3.63) is 34.7 Å². The van der Waals surface area contributed by atoms with Crippen LogP contribution in [0.1, 0.15) is 65.1 Å². The van der Waals surface area contributed by atoms with E-state index in [0.717, 1.165) is 18.7 Å². The van der Waals surface area contributed by atoms with E-state index in [1.165, 1.54) is 12.8 Å². The molecule has 3 aromatic heterocycles. The van der Waals surface area contributed by atoms with Crippen molar-refractivity contribution in [2.24, 2.45) is 0 Å². The second kappa shape index (κ2) is 6.86. The average molecular weight is 355 g/mol. The Hall–Kier alpha value is -2.77. The summed E-state index contributed by atoms with van der Waals surface area (Å²) >= 11 is 0. The number of amides is 1. The van der Waals surface area contributed by atoms with Gasteiger partial charge in [0.15, 0.2) is 5.82 Å². The minimum absolute atomic E-state index is 0.189. The van der Waals surface area contributed by atoms with Crippen LogP contribution in [0.2, 0.25) is 0 Å². The number of pyridine rings is 1. The predicted molar refractivity (Wildman–Crippen MR) is 92.8 cm³/mol. The summed E-state index contributed by atoms with van der Waals surface area (Å²) in [6, 6.07) is 1.74. The molecule has 1 N–H and O–H groups in total. The highest BCUT2D eigenvalue weighted by Gasteiger charge is 2.23. The van der Waals surface area contributed by atoms with Crippen LogP contribution >= 0.6 is 0 Å². The Morgan fingerprint density at radius 2 is 2.00 bits per heavy atom. The van der Waals surface area contributed by atoms with E-state index in [4.69, 9.17) is 9.05 Å². The van der Waals surface area contributed by atoms with Gasteiger partial charge in [-0.3, -0.25) is 4.79 Å². The molecule has 1 aliphatic rings. The summed E-state index contributed by atoms with van der Waals surface area (Å²) in [6.45, 7) is 4.04. The maximum absolute atomic E-state index is 12.6. The van der Waals surface area contributed by atoms with Crippen LogP contribution in [0.5, 0.6) is 0 Å². The summed E-state index contributed by atoms with van der Waals surface area (Å²) < 4.78 is 10.5. The lowest BCUT2D eigenvalue weighted by Crippen LogP contribution is -2.26. The Bertz CT molecular complexity index is 940. The van der Waals surface area contributed by atoms with E-state index in [0.29, 0.717) is 52.8 Å². The molecule has 0 spiro atoms. The van der Waals surface area contributed by atoms with Crippen molar-refractivity contribution in [1.82, 2.24) is 25.6 Å². The number of aromatic nitrogens is 4. The van der Waals surface area contributed by atoms with E-state index in [2.05, 4.69) is 25.6 Å². The van der Waals surface area contributed by atoms with E-state index in [1.807, 2.05) is 6.92 Å². The summed E-state index contributed by atoms with van der Waals surface area (Å²) in [4.78, 5) is 21.3. The fourth-order valence-electron chi connectivity index (χ4n) is 3.49.